The minimum atomic E-state index is -0.847. The number of benzene rings is 2. The summed E-state index contributed by atoms with van der Waals surface area (Å²) < 4.78 is 7.04. The van der Waals surface area contributed by atoms with Crippen LogP contribution in [0.15, 0.2) is 70.8 Å². The molecule has 3 N–H and O–H groups in total. The number of nitrogens with two attached hydrogens (primary N) is 1. The highest BCUT2D eigenvalue weighted by Gasteiger charge is 2.60. The van der Waals surface area contributed by atoms with Gasteiger partial charge in [-0.3, -0.25) is 29.3 Å². The van der Waals surface area contributed by atoms with E-state index >= 15 is 0 Å². The van der Waals surface area contributed by atoms with Gasteiger partial charge in [-0.05, 0) is 60.9 Å². The second-order valence-corrected chi connectivity index (χ2v) is 9.65. The molecule has 2 aromatic carbocycles. The zero-order valence-corrected chi connectivity index (χ0v) is 19.9. The van der Waals surface area contributed by atoms with Gasteiger partial charge in [-0.15, -0.1) is 0 Å². The monoisotopic (exact) mass is 496 g/mol. The first-order valence-corrected chi connectivity index (χ1v) is 12.0. The molecule has 186 valence electrons. The molecular weight excluding hydrogens is 472 g/mol. The molecule has 1 aromatic heterocycles. The van der Waals surface area contributed by atoms with E-state index in [2.05, 4.69) is 4.98 Å². The van der Waals surface area contributed by atoms with Gasteiger partial charge in [-0.25, -0.2) is 4.99 Å². The summed E-state index contributed by atoms with van der Waals surface area (Å²) in [5, 5.41) is 8.47. The Morgan fingerprint density at radius 3 is 2.59 bits per heavy atom. The molecule has 2 amide bonds. The van der Waals surface area contributed by atoms with Crippen LogP contribution >= 0.6 is 0 Å². The smallest absolute Gasteiger partial charge is 0.273 e. The van der Waals surface area contributed by atoms with Gasteiger partial charge in [0.1, 0.15) is 17.2 Å². The lowest BCUT2D eigenvalue weighted by Gasteiger charge is -2.39. The summed E-state index contributed by atoms with van der Waals surface area (Å²) in [7, 11) is 0. The Bertz CT molecular complexity index is 1540. The minimum absolute atomic E-state index is 0.140. The Balaban J connectivity index is 1.40. The Morgan fingerprint density at radius 1 is 1.14 bits per heavy atom. The number of nitrogens with one attached hydrogen (secondary N) is 1. The third-order valence-electron chi connectivity index (χ3n) is 7.36. The van der Waals surface area contributed by atoms with Crippen LogP contribution in [0.2, 0.25) is 0 Å². The summed E-state index contributed by atoms with van der Waals surface area (Å²) in [5.41, 5.74) is 7.50. The van der Waals surface area contributed by atoms with Gasteiger partial charge >= 0.3 is 0 Å². The quantitative estimate of drug-likeness (QED) is 0.521. The van der Waals surface area contributed by atoms with Gasteiger partial charge in [0, 0.05) is 42.1 Å². The molecule has 3 heterocycles. The molecule has 2 aliphatic heterocycles. The second kappa shape index (κ2) is 8.51. The molecular formula is C27H24N6O4. The molecule has 10 nitrogen and oxygen atoms in total. The van der Waals surface area contributed by atoms with Crippen LogP contribution in [0.4, 0.5) is 11.4 Å². The molecule has 6 rings (SSSR count). The van der Waals surface area contributed by atoms with Gasteiger partial charge < -0.3 is 15.4 Å². The highest BCUT2D eigenvalue weighted by Crippen LogP contribution is 2.56. The third kappa shape index (κ3) is 3.90. The molecule has 1 saturated heterocycles. The van der Waals surface area contributed by atoms with Crippen molar-refractivity contribution in [3.05, 3.63) is 77.0 Å². The number of anilines is 1. The highest BCUT2D eigenvalue weighted by atomic mass is 16.5. The van der Waals surface area contributed by atoms with Crippen molar-refractivity contribution in [1.29, 1.82) is 5.41 Å². The van der Waals surface area contributed by atoms with Gasteiger partial charge in [0.15, 0.2) is 0 Å². The molecule has 0 bridgehead atoms. The number of carbonyl (C=O) groups excluding carboxylic acids is 2. The molecule has 0 radical (unpaired) electrons. The number of aromatic nitrogens is 2. The average Bonchev–Trinajstić information content (AvgIpc) is 3.50. The van der Waals surface area contributed by atoms with Gasteiger partial charge in [0.05, 0.1) is 24.4 Å². The number of hydrogen-bond donors (Lipinski definition) is 2. The topological polar surface area (TPSA) is 144 Å². The summed E-state index contributed by atoms with van der Waals surface area (Å²) in [5.74, 6) is -1.19. The fraction of sp³-hybridized carbons (Fsp3) is 0.259. The van der Waals surface area contributed by atoms with E-state index in [1.54, 1.807) is 41.4 Å². The van der Waals surface area contributed by atoms with Crippen LogP contribution < -0.4 is 20.9 Å². The zero-order chi connectivity index (χ0) is 25.7. The normalized spacial score (nSPS) is 20.5. The number of ether oxygens (including phenoxy) is 1. The Hall–Kier alpha value is -4.60. The van der Waals surface area contributed by atoms with Crippen molar-refractivity contribution in [3.63, 3.8) is 0 Å². The van der Waals surface area contributed by atoms with Crippen molar-refractivity contribution in [1.82, 2.24) is 9.55 Å². The Labute approximate surface area is 211 Å². The van der Waals surface area contributed by atoms with Crippen molar-refractivity contribution in [2.75, 3.05) is 18.1 Å². The molecule has 1 aliphatic carbocycles. The molecule has 3 aromatic rings. The predicted octanol–water partition coefficient (Wildman–Crippen LogP) is 2.19. The van der Waals surface area contributed by atoms with E-state index in [4.69, 9.17) is 20.9 Å². The predicted molar refractivity (Wildman–Crippen MR) is 137 cm³/mol. The Morgan fingerprint density at radius 2 is 1.89 bits per heavy atom. The summed E-state index contributed by atoms with van der Waals surface area (Å²) >= 11 is 0. The van der Waals surface area contributed by atoms with Crippen LogP contribution in [-0.4, -0.2) is 45.9 Å². The van der Waals surface area contributed by atoms with Crippen molar-refractivity contribution in [3.8, 4) is 11.4 Å². The van der Waals surface area contributed by atoms with E-state index in [1.807, 2.05) is 12.1 Å². The first-order valence-electron chi connectivity index (χ1n) is 12.0. The fourth-order valence-electron chi connectivity index (χ4n) is 5.28. The van der Waals surface area contributed by atoms with Gasteiger partial charge in [-0.2, -0.15) is 0 Å². The summed E-state index contributed by atoms with van der Waals surface area (Å²) in [6.45, 7) is 0.944. The highest BCUT2D eigenvalue weighted by molar-refractivity contribution is 6.54. The number of piperidine rings is 1. The van der Waals surface area contributed by atoms with Crippen LogP contribution in [0.1, 0.15) is 18.4 Å². The molecule has 37 heavy (non-hydrogen) atoms. The lowest BCUT2D eigenvalue weighted by molar-refractivity contribution is -0.113. The average molecular weight is 497 g/mol. The van der Waals surface area contributed by atoms with Crippen LogP contribution in [0.5, 0.6) is 5.75 Å². The molecule has 1 spiro atoms. The summed E-state index contributed by atoms with van der Waals surface area (Å²) in [6, 6.07) is 12.6. The number of primary amides is 1. The number of rotatable bonds is 5. The summed E-state index contributed by atoms with van der Waals surface area (Å²) in [4.78, 5) is 48.3. The maximum Gasteiger partial charge on any atom is 0.273 e. The molecule has 1 atom stereocenters. The van der Waals surface area contributed by atoms with Crippen molar-refractivity contribution in [2.45, 2.75) is 19.3 Å². The number of carbonyl (C=O) groups is 2. The number of hydrogen-bond acceptors (Lipinski definition) is 7. The lowest BCUT2D eigenvalue weighted by atomic mass is 9.76. The van der Waals surface area contributed by atoms with Crippen LogP contribution in [-0.2, 0) is 16.0 Å². The number of nitrogens with zero attached hydrogens (tertiary/aromatic N) is 4. The minimum Gasteiger partial charge on any atom is -0.493 e. The lowest BCUT2D eigenvalue weighted by Crippen LogP contribution is -2.56. The van der Waals surface area contributed by atoms with Crippen LogP contribution in [0.3, 0.4) is 0 Å². The van der Waals surface area contributed by atoms with Gasteiger partial charge in [0.25, 0.3) is 17.4 Å². The van der Waals surface area contributed by atoms with E-state index in [1.165, 1.54) is 17.0 Å². The van der Waals surface area contributed by atoms with Crippen molar-refractivity contribution in [2.24, 2.45) is 22.1 Å². The molecule has 2 fully saturated rings. The SMILES string of the molecule is N=C(C(N)=O)C1C(=Nc2ccc3c(c2)CCO3)C(=O)N(c2ccc(-n3ccncc3=O)cc2)CC12CC2. The standard InChI is InChI=1S/C27H24N6O4/c28-23(25(29)35)22-24(31-17-1-6-20-16(13-17)7-12-37-20)26(36)33(15-27(22)8-9-27)19-4-2-18(3-5-19)32-11-10-30-14-21(32)34/h1-6,10-11,13-14,22,28H,7-9,12,15H2,(H2,29,35). The maximum absolute atomic E-state index is 13.9. The van der Waals surface area contributed by atoms with Crippen molar-refractivity contribution >= 4 is 34.6 Å². The Kier molecular flexibility index (Phi) is 5.25. The number of fused-ring (bicyclic) bond motifs is 1. The fourth-order valence-corrected chi connectivity index (χ4v) is 5.28. The van der Waals surface area contributed by atoms with Gasteiger partial charge in [-0.1, -0.05) is 0 Å². The first-order chi connectivity index (χ1) is 17.9. The van der Waals surface area contributed by atoms with Crippen LogP contribution in [0, 0.1) is 16.7 Å². The van der Waals surface area contributed by atoms with Crippen LogP contribution in [0.25, 0.3) is 5.69 Å². The first kappa shape index (κ1) is 22.8. The van der Waals surface area contributed by atoms with E-state index in [9.17, 15) is 14.4 Å². The molecule has 10 heteroatoms. The number of amides is 2. The molecule has 1 saturated carbocycles. The van der Waals surface area contributed by atoms with E-state index in [-0.39, 0.29) is 22.9 Å². The second-order valence-electron chi connectivity index (χ2n) is 9.65. The van der Waals surface area contributed by atoms with E-state index in [0.717, 1.165) is 30.6 Å². The molecule has 3 aliphatic rings. The van der Waals surface area contributed by atoms with E-state index < -0.39 is 17.2 Å². The zero-order valence-electron chi connectivity index (χ0n) is 19.9. The molecule has 1 unspecified atom stereocenters. The third-order valence-corrected chi connectivity index (χ3v) is 7.36. The largest absolute Gasteiger partial charge is 0.493 e. The summed E-state index contributed by atoms with van der Waals surface area (Å²) in [6.07, 6.45) is 6.60. The van der Waals surface area contributed by atoms with Gasteiger partial charge in [0.2, 0.25) is 0 Å². The maximum atomic E-state index is 13.9. The van der Waals surface area contributed by atoms with E-state index in [0.29, 0.717) is 30.2 Å². The van der Waals surface area contributed by atoms with Crippen molar-refractivity contribution < 1.29 is 14.3 Å². The number of aliphatic imine (C=N–C) groups is 1.